The number of sulfone groups is 1. The van der Waals surface area contributed by atoms with Crippen molar-refractivity contribution < 1.29 is 26.4 Å². The van der Waals surface area contributed by atoms with Crippen molar-refractivity contribution in [2.24, 2.45) is 0 Å². The van der Waals surface area contributed by atoms with Crippen LogP contribution in [0.15, 0.2) is 29.2 Å². The smallest absolute Gasteiger partial charge is 0.344 e. The van der Waals surface area contributed by atoms with E-state index in [0.717, 1.165) is 16.8 Å². The molecule has 1 saturated heterocycles. The molecule has 1 fully saturated rings. The number of carbonyl (C=O) groups is 1. The van der Waals surface area contributed by atoms with Crippen LogP contribution in [0.5, 0.6) is 0 Å². The molecule has 0 saturated carbocycles. The van der Waals surface area contributed by atoms with E-state index in [4.69, 9.17) is 0 Å². The van der Waals surface area contributed by atoms with Gasteiger partial charge in [-0.25, -0.2) is 8.42 Å². The van der Waals surface area contributed by atoms with Gasteiger partial charge in [-0.15, -0.1) is 0 Å². The quantitative estimate of drug-likeness (QED) is 0.718. The molecule has 0 bridgehead atoms. The lowest BCUT2D eigenvalue weighted by Gasteiger charge is -2.16. The second-order valence-corrected chi connectivity index (χ2v) is 9.22. The Morgan fingerprint density at radius 2 is 1.96 bits per heavy atom. The van der Waals surface area contributed by atoms with Gasteiger partial charge in [0.25, 0.3) is 5.56 Å². The first-order valence-electron chi connectivity index (χ1n) is 8.59. The molecule has 152 valence electrons. The molecule has 1 aliphatic rings. The molecule has 0 amide bonds. The summed E-state index contributed by atoms with van der Waals surface area (Å²) < 4.78 is 64.7. The summed E-state index contributed by atoms with van der Waals surface area (Å²) in [4.78, 5) is 24.7. The summed E-state index contributed by atoms with van der Waals surface area (Å²) in [6.45, 7) is 2.88. The molecule has 1 atom stereocenters. The van der Waals surface area contributed by atoms with Crippen LogP contribution in [-0.4, -0.2) is 34.8 Å². The number of aryl methyl sites for hydroxylation is 1. The molecule has 28 heavy (non-hydrogen) atoms. The van der Waals surface area contributed by atoms with Gasteiger partial charge in [-0.1, -0.05) is 0 Å². The highest BCUT2D eigenvalue weighted by Crippen LogP contribution is 2.29. The highest BCUT2D eigenvalue weighted by molar-refractivity contribution is 7.91. The summed E-state index contributed by atoms with van der Waals surface area (Å²) in [5.41, 5.74) is -1.10. The van der Waals surface area contributed by atoms with Gasteiger partial charge in [0.15, 0.2) is 15.6 Å². The molecule has 1 unspecified atom stereocenters. The maximum atomic E-state index is 12.9. The highest BCUT2D eigenvalue weighted by atomic mass is 32.2. The Balaban J connectivity index is 1.91. The van der Waals surface area contributed by atoms with E-state index < -0.39 is 39.5 Å². The van der Waals surface area contributed by atoms with Gasteiger partial charge in [0.1, 0.15) is 5.56 Å². The maximum Gasteiger partial charge on any atom is 0.421 e. The monoisotopic (exact) mass is 416 g/mol. The lowest BCUT2D eigenvalue weighted by molar-refractivity contribution is -0.139. The molecular formula is C18H19F3N2O4S. The van der Waals surface area contributed by atoms with E-state index in [0.29, 0.717) is 23.9 Å². The predicted molar refractivity (Wildman–Crippen MR) is 96.2 cm³/mol. The van der Waals surface area contributed by atoms with Gasteiger partial charge >= 0.3 is 6.18 Å². The summed E-state index contributed by atoms with van der Waals surface area (Å²) in [6, 6.07) is 3.06. The first kappa shape index (κ1) is 20.4. The number of hydrogen-bond donors (Lipinski definition) is 0. The predicted octanol–water partition coefficient (Wildman–Crippen LogP) is 2.53. The molecule has 0 N–H and O–H groups in total. The molecule has 2 aromatic heterocycles. The number of halogens is 3. The molecule has 10 heteroatoms. The first-order chi connectivity index (χ1) is 12.9. The zero-order chi connectivity index (χ0) is 20.9. The summed E-state index contributed by atoms with van der Waals surface area (Å²) in [6.07, 6.45) is -3.22. The van der Waals surface area contributed by atoms with Crippen LogP contribution in [-0.2, 0) is 22.6 Å². The van der Waals surface area contributed by atoms with Crippen molar-refractivity contribution >= 4 is 15.6 Å². The molecule has 2 aromatic rings. The van der Waals surface area contributed by atoms with E-state index in [1.807, 2.05) is 0 Å². The van der Waals surface area contributed by atoms with Crippen molar-refractivity contribution in [1.29, 1.82) is 0 Å². The number of carbonyl (C=O) groups excluding carboxylic acids is 1. The minimum absolute atomic E-state index is 0.00984. The van der Waals surface area contributed by atoms with Crippen molar-refractivity contribution in [3.63, 3.8) is 0 Å². The number of aromatic nitrogens is 2. The number of Topliss-reactive ketones (excluding diaryl/α,β-unsaturated/α-hetero) is 1. The normalized spacial score (nSPS) is 19.1. The largest absolute Gasteiger partial charge is 0.421 e. The summed E-state index contributed by atoms with van der Waals surface area (Å²) >= 11 is 0. The SMILES string of the molecule is Cc1cc(C(=O)Cn2cccc(C(F)(F)F)c2=O)c(C)n1C1CCS(=O)(=O)C1. The molecule has 3 heterocycles. The zero-order valence-electron chi connectivity index (χ0n) is 15.3. The van der Waals surface area contributed by atoms with Crippen LogP contribution < -0.4 is 5.56 Å². The average Bonchev–Trinajstić information content (AvgIpc) is 3.06. The van der Waals surface area contributed by atoms with Gasteiger partial charge in [-0.05, 0) is 38.5 Å². The average molecular weight is 416 g/mol. The lowest BCUT2D eigenvalue weighted by atomic mass is 10.1. The van der Waals surface area contributed by atoms with E-state index in [-0.39, 0.29) is 23.1 Å². The third kappa shape index (κ3) is 3.78. The summed E-state index contributed by atoms with van der Waals surface area (Å²) in [5.74, 6) is -0.441. The number of ketones is 1. The molecule has 0 spiro atoms. The van der Waals surface area contributed by atoms with Crippen molar-refractivity contribution in [1.82, 2.24) is 9.13 Å². The van der Waals surface area contributed by atoms with Crippen molar-refractivity contribution in [3.05, 3.63) is 57.3 Å². The summed E-state index contributed by atoms with van der Waals surface area (Å²) in [7, 11) is -3.12. The van der Waals surface area contributed by atoms with Crippen molar-refractivity contribution in [2.45, 2.75) is 39.0 Å². The topological polar surface area (TPSA) is 78.1 Å². The Morgan fingerprint density at radius 3 is 2.54 bits per heavy atom. The van der Waals surface area contributed by atoms with E-state index in [9.17, 15) is 31.2 Å². The molecule has 0 aromatic carbocycles. The number of pyridine rings is 1. The fourth-order valence-electron chi connectivity index (χ4n) is 3.72. The van der Waals surface area contributed by atoms with Crippen LogP contribution in [0.3, 0.4) is 0 Å². The minimum atomic E-state index is -4.80. The third-order valence-corrected chi connectivity index (χ3v) is 6.75. The second-order valence-electron chi connectivity index (χ2n) is 6.99. The van der Waals surface area contributed by atoms with E-state index >= 15 is 0 Å². The Labute approximate surface area is 159 Å². The number of nitrogens with zero attached hydrogens (tertiary/aromatic N) is 2. The minimum Gasteiger partial charge on any atom is -0.344 e. The molecule has 0 radical (unpaired) electrons. The number of alkyl halides is 3. The van der Waals surface area contributed by atoms with E-state index in [1.165, 1.54) is 0 Å². The van der Waals surface area contributed by atoms with E-state index in [1.54, 1.807) is 24.5 Å². The lowest BCUT2D eigenvalue weighted by Crippen LogP contribution is -2.30. The number of hydrogen-bond acceptors (Lipinski definition) is 4. The fourth-order valence-corrected chi connectivity index (χ4v) is 5.42. The van der Waals surface area contributed by atoms with Crippen LogP contribution >= 0.6 is 0 Å². The van der Waals surface area contributed by atoms with Crippen LogP contribution in [0.4, 0.5) is 13.2 Å². The van der Waals surface area contributed by atoms with Gasteiger partial charge in [0.05, 0.1) is 18.1 Å². The van der Waals surface area contributed by atoms with Gasteiger partial charge in [0.2, 0.25) is 0 Å². The first-order valence-corrected chi connectivity index (χ1v) is 10.4. The van der Waals surface area contributed by atoms with Gasteiger partial charge in [-0.2, -0.15) is 13.2 Å². The molecule has 3 rings (SSSR count). The van der Waals surface area contributed by atoms with Gasteiger partial charge < -0.3 is 9.13 Å². The van der Waals surface area contributed by atoms with Crippen molar-refractivity contribution in [2.75, 3.05) is 11.5 Å². The fraction of sp³-hybridized carbons (Fsp3) is 0.444. The van der Waals surface area contributed by atoms with Crippen molar-refractivity contribution in [3.8, 4) is 0 Å². The van der Waals surface area contributed by atoms with Gasteiger partial charge in [0, 0.05) is 29.2 Å². The Bertz CT molecular complexity index is 1100. The number of rotatable bonds is 4. The van der Waals surface area contributed by atoms with E-state index in [2.05, 4.69) is 0 Å². The molecule has 6 nitrogen and oxygen atoms in total. The molecular weight excluding hydrogens is 397 g/mol. The molecule has 0 aliphatic carbocycles. The third-order valence-electron chi connectivity index (χ3n) is 5.00. The van der Waals surface area contributed by atoms with Crippen LogP contribution in [0.25, 0.3) is 0 Å². The maximum absolute atomic E-state index is 12.9. The van der Waals surface area contributed by atoms with Crippen LogP contribution in [0.1, 0.15) is 39.8 Å². The van der Waals surface area contributed by atoms with Crippen LogP contribution in [0, 0.1) is 13.8 Å². The standard InChI is InChI=1S/C18H19F3N2O4S/c1-11-8-14(12(2)23(11)13-5-7-28(26,27)10-13)16(24)9-22-6-3-4-15(17(22)25)18(19,20)21/h3-4,6,8,13H,5,7,9-10H2,1-2H3. The Kier molecular flexibility index (Phi) is 5.03. The highest BCUT2D eigenvalue weighted by Gasteiger charge is 2.35. The zero-order valence-corrected chi connectivity index (χ0v) is 16.1. The Morgan fingerprint density at radius 1 is 1.29 bits per heavy atom. The molecule has 1 aliphatic heterocycles. The summed E-state index contributed by atoms with van der Waals surface area (Å²) in [5, 5.41) is 0. The second kappa shape index (κ2) is 6.91. The van der Waals surface area contributed by atoms with Crippen LogP contribution in [0.2, 0.25) is 0 Å². The van der Waals surface area contributed by atoms with Gasteiger partial charge in [-0.3, -0.25) is 9.59 Å². The Hall–Kier alpha value is -2.36.